The fourth-order valence-electron chi connectivity index (χ4n) is 4.49. The van der Waals surface area contributed by atoms with Crippen molar-refractivity contribution in [1.82, 2.24) is 4.57 Å². The van der Waals surface area contributed by atoms with E-state index < -0.39 is 0 Å². The van der Waals surface area contributed by atoms with Gasteiger partial charge in [0, 0.05) is 11.1 Å². The first-order chi connectivity index (χ1) is 13.7. The topological polar surface area (TPSA) is 4.93 Å². The second-order valence-electron chi connectivity index (χ2n) is 7.87. The van der Waals surface area contributed by atoms with E-state index in [1.807, 2.05) is 0 Å². The zero-order valence-electron chi connectivity index (χ0n) is 17.8. The van der Waals surface area contributed by atoms with E-state index in [1.54, 1.807) is 5.56 Å². The zero-order chi connectivity index (χ0) is 19.1. The first kappa shape index (κ1) is 24.9. The van der Waals surface area contributed by atoms with Crippen LogP contribution in [0.1, 0.15) is 28.8 Å². The van der Waals surface area contributed by atoms with Crippen LogP contribution in [0.3, 0.4) is 0 Å². The maximum atomic E-state index is 2.48. The molecule has 5 aromatic rings. The summed E-state index contributed by atoms with van der Waals surface area (Å²) in [6, 6.07) is 28.4. The molecule has 156 valence electrons. The Labute approximate surface area is 201 Å². The number of nitrogens with zero attached hydrogens (tertiary/aromatic N) is 1. The van der Waals surface area contributed by atoms with Gasteiger partial charge in [-0.25, -0.2) is 12.1 Å². The summed E-state index contributed by atoms with van der Waals surface area (Å²) in [6.45, 7) is 4.24. The van der Waals surface area contributed by atoms with Crippen LogP contribution in [-0.2, 0) is 39.0 Å². The number of fused-ring (bicyclic) bond motifs is 4. The summed E-state index contributed by atoms with van der Waals surface area (Å²) in [7, 11) is 0. The van der Waals surface area contributed by atoms with Crippen LogP contribution in [0.4, 0.5) is 0 Å². The van der Waals surface area contributed by atoms with Crippen molar-refractivity contribution in [3.05, 3.63) is 101 Å². The molecule has 1 heterocycles. The first-order valence-corrected chi connectivity index (χ1v) is 10.2. The average Bonchev–Trinajstić information content (AvgIpc) is 3.47. The van der Waals surface area contributed by atoms with E-state index in [1.165, 1.54) is 63.4 Å². The van der Waals surface area contributed by atoms with Crippen LogP contribution in [0.15, 0.2) is 78.9 Å². The van der Waals surface area contributed by atoms with Crippen molar-refractivity contribution < 1.29 is 35.6 Å². The summed E-state index contributed by atoms with van der Waals surface area (Å²) in [5, 5.41) is 4.10. The maximum Gasteiger partial charge on any atom is 4.00 e. The molecule has 6 rings (SSSR count). The van der Waals surface area contributed by atoms with Gasteiger partial charge in [-0.2, -0.15) is 17.2 Å². The van der Waals surface area contributed by atoms with Crippen LogP contribution < -0.4 is 9.41 Å². The molecule has 0 spiro atoms. The molecule has 0 amide bonds. The molecular weight excluding hydrogens is 468 g/mol. The van der Waals surface area contributed by atoms with E-state index in [-0.39, 0.29) is 35.6 Å². The molecule has 1 aliphatic rings. The standard InChI is InChI=1S/C20H16N.C7H9.2FH.Zr/c1-2-7-15-13-16(12-14(15)6-1)21-19-10-4-3-8-17(19)18-9-5-11-20(18)21;1-6-4-3-5-7(6)2;;;/h1-4,6-8,10,12-13H,5,9,11H2;3-5H,1-2H3;2*1H;/q2*-1;;;+4/p-2. The largest absolute Gasteiger partial charge is 4.00 e. The van der Waals surface area contributed by atoms with Gasteiger partial charge in [0.05, 0.1) is 5.52 Å². The van der Waals surface area contributed by atoms with E-state index in [0.717, 1.165) is 0 Å². The molecule has 0 radical (unpaired) electrons. The van der Waals surface area contributed by atoms with Gasteiger partial charge in [0.15, 0.2) is 0 Å². The van der Waals surface area contributed by atoms with Gasteiger partial charge in [-0.3, -0.25) is 0 Å². The van der Waals surface area contributed by atoms with Crippen LogP contribution in [0.5, 0.6) is 0 Å². The fourth-order valence-corrected chi connectivity index (χ4v) is 4.49. The van der Waals surface area contributed by atoms with Crippen LogP contribution in [0.2, 0.25) is 0 Å². The molecule has 31 heavy (non-hydrogen) atoms. The van der Waals surface area contributed by atoms with Crippen LogP contribution >= 0.6 is 0 Å². The predicted molar refractivity (Wildman–Crippen MR) is 120 cm³/mol. The summed E-state index contributed by atoms with van der Waals surface area (Å²) in [5.74, 6) is 0. The second-order valence-corrected chi connectivity index (χ2v) is 7.87. The SMILES string of the molecule is Cc1ccc[c-]1C.[F-].[F-].[Zr+4].c1ccc2[cH-]c(-n3c4c(c5ccccc53)CCC4)cc2c1. The number of hydrogen-bond donors (Lipinski definition) is 0. The molecule has 1 aromatic heterocycles. The summed E-state index contributed by atoms with van der Waals surface area (Å²) in [4.78, 5) is 0. The van der Waals surface area contributed by atoms with Crippen LogP contribution in [0, 0.1) is 13.8 Å². The van der Waals surface area contributed by atoms with Crippen molar-refractivity contribution >= 4 is 21.7 Å². The quantitative estimate of drug-likeness (QED) is 0.308. The van der Waals surface area contributed by atoms with E-state index in [0.29, 0.717) is 0 Å². The molecule has 4 heteroatoms. The Bertz CT molecular complexity index is 1230. The van der Waals surface area contributed by atoms with Gasteiger partial charge >= 0.3 is 26.2 Å². The Hall–Kier alpha value is -2.32. The molecule has 0 aliphatic heterocycles. The molecule has 4 aromatic carbocycles. The molecular formula is C27H25F2NZr. The van der Waals surface area contributed by atoms with Crippen molar-refractivity contribution in [2.24, 2.45) is 0 Å². The van der Waals surface area contributed by atoms with Gasteiger partial charge in [0.1, 0.15) is 0 Å². The monoisotopic (exact) mass is 491 g/mol. The summed E-state index contributed by atoms with van der Waals surface area (Å²) < 4.78 is 2.48. The molecule has 0 saturated carbocycles. The smallest absolute Gasteiger partial charge is 1.00 e. The Morgan fingerprint density at radius 2 is 1.65 bits per heavy atom. The van der Waals surface area contributed by atoms with Gasteiger partial charge in [-0.15, -0.1) is 41.1 Å². The number of benzene rings is 2. The van der Waals surface area contributed by atoms with E-state index in [4.69, 9.17) is 0 Å². The number of para-hydroxylation sites is 1. The number of aryl methyl sites for hydroxylation is 3. The number of hydrogen-bond acceptors (Lipinski definition) is 0. The fraction of sp³-hybridized carbons (Fsp3) is 0.185. The maximum absolute atomic E-state index is 2.48. The van der Waals surface area contributed by atoms with Gasteiger partial charge in [-0.1, -0.05) is 38.1 Å². The molecule has 0 unspecified atom stereocenters. The summed E-state index contributed by atoms with van der Waals surface area (Å²) in [6.07, 6.45) is 3.71. The number of rotatable bonds is 1. The van der Waals surface area contributed by atoms with Gasteiger partial charge < -0.3 is 14.0 Å². The van der Waals surface area contributed by atoms with Crippen molar-refractivity contribution in [1.29, 1.82) is 0 Å². The van der Waals surface area contributed by atoms with E-state index in [9.17, 15) is 0 Å². The van der Waals surface area contributed by atoms with E-state index in [2.05, 4.69) is 97.3 Å². The minimum atomic E-state index is 0. The van der Waals surface area contributed by atoms with Crippen molar-refractivity contribution in [3.8, 4) is 5.69 Å². The van der Waals surface area contributed by atoms with Gasteiger partial charge in [0.25, 0.3) is 0 Å². The van der Waals surface area contributed by atoms with Gasteiger partial charge in [0.2, 0.25) is 0 Å². The zero-order valence-corrected chi connectivity index (χ0v) is 20.3. The van der Waals surface area contributed by atoms with Crippen molar-refractivity contribution in [2.45, 2.75) is 33.1 Å². The summed E-state index contributed by atoms with van der Waals surface area (Å²) >= 11 is 0. The van der Waals surface area contributed by atoms with Crippen molar-refractivity contribution in [3.63, 3.8) is 0 Å². The molecule has 0 atom stereocenters. The Morgan fingerprint density at radius 3 is 2.32 bits per heavy atom. The molecule has 0 fully saturated rings. The Morgan fingerprint density at radius 1 is 0.903 bits per heavy atom. The van der Waals surface area contributed by atoms with Gasteiger partial charge in [-0.05, 0) is 36.6 Å². The number of aromatic nitrogens is 1. The van der Waals surface area contributed by atoms with Crippen LogP contribution in [0.25, 0.3) is 27.4 Å². The average molecular weight is 493 g/mol. The number of halogens is 2. The summed E-state index contributed by atoms with van der Waals surface area (Å²) in [5.41, 5.74) is 8.54. The third-order valence-corrected chi connectivity index (χ3v) is 6.10. The first-order valence-electron chi connectivity index (χ1n) is 10.2. The Balaban J connectivity index is 0.000000298. The Kier molecular flexibility index (Phi) is 8.31. The van der Waals surface area contributed by atoms with Crippen LogP contribution in [-0.4, -0.2) is 4.57 Å². The predicted octanol–water partition coefficient (Wildman–Crippen LogP) is 1.02. The van der Waals surface area contributed by atoms with E-state index >= 15 is 0 Å². The third-order valence-electron chi connectivity index (χ3n) is 6.10. The normalized spacial score (nSPS) is 11.7. The minimum absolute atomic E-state index is 0. The molecule has 1 aliphatic carbocycles. The molecule has 1 nitrogen and oxygen atoms in total. The second kappa shape index (κ2) is 10.3. The molecule has 0 N–H and O–H groups in total. The van der Waals surface area contributed by atoms with Crippen molar-refractivity contribution in [2.75, 3.05) is 0 Å². The molecule has 0 saturated heterocycles. The minimum Gasteiger partial charge on any atom is -1.00 e. The molecule has 0 bridgehead atoms. The third kappa shape index (κ3) is 4.50.